The lowest BCUT2D eigenvalue weighted by molar-refractivity contribution is 0.903. The van der Waals surface area contributed by atoms with E-state index in [1.165, 1.54) is 0 Å². The molecule has 0 saturated carbocycles. The Balaban J connectivity index is 1.82. The second kappa shape index (κ2) is 3.68. The summed E-state index contributed by atoms with van der Waals surface area (Å²) < 4.78 is 1.96. The molecule has 0 unspecified atom stereocenters. The van der Waals surface area contributed by atoms with E-state index in [-0.39, 0.29) is 0 Å². The second-order valence-corrected chi connectivity index (χ2v) is 4.58. The zero-order valence-corrected chi connectivity index (χ0v) is 10.4. The van der Waals surface area contributed by atoms with E-state index in [4.69, 9.17) is 0 Å². The maximum absolute atomic E-state index is 4.25. The molecule has 0 radical (unpaired) electrons. The predicted octanol–water partition coefficient (Wildman–Crippen LogP) is 1.71. The first-order valence-corrected chi connectivity index (χ1v) is 6.09. The Morgan fingerprint density at radius 2 is 2.00 bits per heavy atom. The van der Waals surface area contributed by atoms with Gasteiger partial charge in [-0.3, -0.25) is 10.4 Å². The van der Waals surface area contributed by atoms with Crippen LogP contribution in [0.25, 0.3) is 11.2 Å². The van der Waals surface area contributed by atoms with Gasteiger partial charge in [0.2, 0.25) is 5.65 Å². The summed E-state index contributed by atoms with van der Waals surface area (Å²) in [6.07, 6.45) is 1.76. The average Bonchev–Trinajstić information content (AvgIpc) is 3.03. The van der Waals surface area contributed by atoms with Gasteiger partial charge < -0.3 is 4.57 Å². The lowest BCUT2D eigenvalue weighted by Gasteiger charge is -2.18. The predicted molar refractivity (Wildman–Crippen MR) is 72.6 cm³/mol. The maximum atomic E-state index is 4.25. The number of rotatable bonds is 1. The molecule has 1 aromatic carbocycles. The number of hydrogen-bond donors (Lipinski definition) is 1. The molecule has 0 fully saturated rings. The highest BCUT2D eigenvalue weighted by molar-refractivity contribution is 5.89. The van der Waals surface area contributed by atoms with Crippen LogP contribution in [0.3, 0.4) is 0 Å². The summed E-state index contributed by atoms with van der Waals surface area (Å²) in [7, 11) is 1.96. The van der Waals surface area contributed by atoms with E-state index in [1.807, 2.05) is 29.8 Å². The molecule has 2 aromatic heterocycles. The summed E-state index contributed by atoms with van der Waals surface area (Å²) >= 11 is 0. The van der Waals surface area contributed by atoms with E-state index in [0.29, 0.717) is 12.2 Å². The van der Waals surface area contributed by atoms with Crippen LogP contribution in [0.4, 0.5) is 11.4 Å². The standard InChI is InChI=1S/C13H12N6/c1-18-8-14-13-12(18)11-10(15-16-13)7-19(17-11)9-5-3-2-4-6-9/h2-6,8,17H,7H2,1H3. The van der Waals surface area contributed by atoms with Crippen molar-refractivity contribution in [2.45, 2.75) is 6.54 Å². The average molecular weight is 252 g/mol. The minimum absolute atomic E-state index is 0.670. The summed E-state index contributed by atoms with van der Waals surface area (Å²) in [5.74, 6) is 0. The molecular formula is C13H12N6. The van der Waals surface area contributed by atoms with Crippen LogP contribution < -0.4 is 10.4 Å². The molecule has 0 saturated heterocycles. The Morgan fingerprint density at radius 3 is 2.84 bits per heavy atom. The summed E-state index contributed by atoms with van der Waals surface area (Å²) in [6, 6.07) is 10.2. The van der Waals surface area contributed by atoms with Gasteiger partial charge in [-0.2, -0.15) is 0 Å². The molecule has 94 valence electrons. The number of hydrazine groups is 1. The third-order valence-electron chi connectivity index (χ3n) is 3.33. The smallest absolute Gasteiger partial charge is 0.202 e. The number of aromatic nitrogens is 4. The largest absolute Gasteiger partial charge is 0.330 e. The molecule has 1 N–H and O–H groups in total. The van der Waals surface area contributed by atoms with Gasteiger partial charge in [-0.25, -0.2) is 4.98 Å². The Bertz CT molecular complexity index is 748. The van der Waals surface area contributed by atoms with Crippen LogP contribution in [-0.2, 0) is 13.6 Å². The van der Waals surface area contributed by atoms with E-state index in [9.17, 15) is 0 Å². The molecule has 1 aliphatic rings. The highest BCUT2D eigenvalue weighted by Crippen LogP contribution is 2.32. The first-order chi connectivity index (χ1) is 9.33. The minimum Gasteiger partial charge on any atom is -0.330 e. The molecule has 0 aliphatic carbocycles. The van der Waals surface area contributed by atoms with Crippen molar-refractivity contribution in [3.05, 3.63) is 42.4 Å². The Kier molecular flexibility index (Phi) is 2.00. The number of para-hydroxylation sites is 1. The Hall–Kier alpha value is -2.63. The molecule has 0 bridgehead atoms. The number of fused-ring (bicyclic) bond motifs is 3. The number of benzene rings is 1. The summed E-state index contributed by atoms with van der Waals surface area (Å²) in [6.45, 7) is 0.702. The number of imidazole rings is 1. The van der Waals surface area contributed by atoms with Gasteiger partial charge in [-0.1, -0.05) is 18.2 Å². The number of anilines is 2. The monoisotopic (exact) mass is 252 g/mol. The number of hydrogen-bond acceptors (Lipinski definition) is 5. The minimum atomic E-state index is 0.670. The molecule has 6 heteroatoms. The quantitative estimate of drug-likeness (QED) is 0.714. The molecule has 4 rings (SSSR count). The second-order valence-electron chi connectivity index (χ2n) is 4.58. The van der Waals surface area contributed by atoms with Gasteiger partial charge in [-0.05, 0) is 12.1 Å². The summed E-state index contributed by atoms with van der Waals surface area (Å²) in [4.78, 5) is 4.22. The third-order valence-corrected chi connectivity index (χ3v) is 3.33. The molecule has 19 heavy (non-hydrogen) atoms. The Labute approximate surface area is 109 Å². The fourth-order valence-corrected chi connectivity index (χ4v) is 2.39. The fraction of sp³-hybridized carbons (Fsp3) is 0.154. The van der Waals surface area contributed by atoms with Gasteiger partial charge in [0.05, 0.1) is 18.6 Å². The van der Waals surface area contributed by atoms with Crippen LogP contribution in [0.2, 0.25) is 0 Å². The number of nitrogens with zero attached hydrogens (tertiary/aromatic N) is 5. The van der Waals surface area contributed by atoms with Gasteiger partial charge in [0.15, 0.2) is 0 Å². The SMILES string of the molecule is Cn1cnc2nnc3c(c21)NN(c1ccccc1)C3. The zero-order valence-electron chi connectivity index (χ0n) is 10.4. The molecule has 6 nitrogen and oxygen atoms in total. The lowest BCUT2D eigenvalue weighted by atomic mass is 10.3. The molecule has 1 aliphatic heterocycles. The van der Waals surface area contributed by atoms with Gasteiger partial charge in [-0.15, -0.1) is 10.2 Å². The van der Waals surface area contributed by atoms with Gasteiger partial charge in [0, 0.05) is 7.05 Å². The van der Waals surface area contributed by atoms with Crippen LogP contribution in [-0.4, -0.2) is 19.7 Å². The van der Waals surface area contributed by atoms with Crippen LogP contribution in [0.5, 0.6) is 0 Å². The van der Waals surface area contributed by atoms with Gasteiger partial charge in [0.1, 0.15) is 16.9 Å². The Morgan fingerprint density at radius 1 is 1.16 bits per heavy atom. The van der Waals surface area contributed by atoms with Crippen molar-refractivity contribution in [2.75, 3.05) is 10.4 Å². The fourth-order valence-electron chi connectivity index (χ4n) is 2.39. The van der Waals surface area contributed by atoms with Crippen LogP contribution in [0.1, 0.15) is 5.69 Å². The topological polar surface area (TPSA) is 58.9 Å². The number of nitrogens with one attached hydrogen (secondary N) is 1. The van der Waals surface area contributed by atoms with Crippen LogP contribution >= 0.6 is 0 Å². The number of aryl methyl sites for hydroxylation is 1. The van der Waals surface area contributed by atoms with Crippen molar-refractivity contribution in [3.63, 3.8) is 0 Å². The van der Waals surface area contributed by atoms with Gasteiger partial charge >= 0.3 is 0 Å². The van der Waals surface area contributed by atoms with E-state index in [2.05, 4.69) is 37.7 Å². The summed E-state index contributed by atoms with van der Waals surface area (Å²) in [5.41, 5.74) is 8.10. The van der Waals surface area contributed by atoms with Crippen molar-refractivity contribution in [2.24, 2.45) is 7.05 Å². The van der Waals surface area contributed by atoms with E-state index >= 15 is 0 Å². The molecular weight excluding hydrogens is 240 g/mol. The highest BCUT2D eigenvalue weighted by Gasteiger charge is 2.24. The van der Waals surface area contributed by atoms with E-state index in [0.717, 1.165) is 22.6 Å². The maximum Gasteiger partial charge on any atom is 0.202 e. The normalized spacial score (nSPS) is 13.6. The first-order valence-electron chi connectivity index (χ1n) is 6.09. The van der Waals surface area contributed by atoms with Crippen molar-refractivity contribution in [3.8, 4) is 0 Å². The van der Waals surface area contributed by atoms with Crippen molar-refractivity contribution < 1.29 is 0 Å². The van der Waals surface area contributed by atoms with Crippen LogP contribution in [0, 0.1) is 0 Å². The van der Waals surface area contributed by atoms with Gasteiger partial charge in [0.25, 0.3) is 0 Å². The molecule has 0 amide bonds. The molecule has 0 atom stereocenters. The molecule has 3 heterocycles. The zero-order chi connectivity index (χ0) is 12.8. The molecule has 3 aromatic rings. The lowest BCUT2D eigenvalue weighted by Crippen LogP contribution is -2.22. The highest BCUT2D eigenvalue weighted by atomic mass is 15.5. The van der Waals surface area contributed by atoms with E-state index in [1.54, 1.807) is 6.33 Å². The van der Waals surface area contributed by atoms with Crippen molar-refractivity contribution in [1.29, 1.82) is 0 Å². The summed E-state index contributed by atoms with van der Waals surface area (Å²) in [5, 5.41) is 10.5. The first kappa shape index (κ1) is 10.3. The van der Waals surface area contributed by atoms with Crippen LogP contribution in [0.15, 0.2) is 36.7 Å². The third kappa shape index (κ3) is 1.46. The van der Waals surface area contributed by atoms with Crippen molar-refractivity contribution >= 4 is 22.5 Å². The molecule has 0 spiro atoms. The van der Waals surface area contributed by atoms with E-state index < -0.39 is 0 Å². The van der Waals surface area contributed by atoms with Crippen molar-refractivity contribution in [1.82, 2.24) is 19.7 Å².